The predicted molar refractivity (Wildman–Crippen MR) is 99.6 cm³/mol. The summed E-state index contributed by atoms with van der Waals surface area (Å²) in [5.74, 6) is -0.907. The molecule has 138 valence electrons. The Morgan fingerprint density at radius 1 is 1.38 bits per heavy atom. The van der Waals surface area contributed by atoms with E-state index in [0.29, 0.717) is 30.2 Å². The predicted octanol–water partition coefficient (Wildman–Crippen LogP) is 3.99. The van der Waals surface area contributed by atoms with Gasteiger partial charge in [0, 0.05) is 36.0 Å². The fraction of sp³-hybridized carbons (Fsp3) is 0.444. The Bertz CT molecular complexity index is 935. The zero-order chi connectivity index (χ0) is 18.4. The van der Waals surface area contributed by atoms with E-state index in [1.807, 2.05) is 4.57 Å². The van der Waals surface area contributed by atoms with Gasteiger partial charge in [0.25, 0.3) is 0 Å². The Morgan fingerprint density at radius 2 is 2.15 bits per heavy atom. The number of fused-ring (bicyclic) bond motifs is 1. The van der Waals surface area contributed by atoms with Gasteiger partial charge in [-0.05, 0) is 65.5 Å². The highest BCUT2D eigenvalue weighted by atomic mass is 79.9. The molecule has 1 aliphatic carbocycles. The van der Waals surface area contributed by atoms with E-state index in [9.17, 15) is 13.6 Å². The Labute approximate surface area is 163 Å². The number of carbonyl (C=O) groups excluding carboxylic acids is 1. The molecule has 1 aliphatic heterocycles. The third-order valence-corrected chi connectivity index (χ3v) is 6.06. The lowest BCUT2D eigenvalue weighted by molar-refractivity contribution is -0.120. The van der Waals surface area contributed by atoms with Gasteiger partial charge in [-0.2, -0.15) is 0 Å². The van der Waals surface area contributed by atoms with Gasteiger partial charge >= 0.3 is 0 Å². The number of hydrogen-bond donors (Lipinski definition) is 2. The molecule has 0 saturated heterocycles. The van der Waals surface area contributed by atoms with Gasteiger partial charge < -0.3 is 14.9 Å². The zero-order valence-electron chi connectivity index (χ0n) is 13.9. The SMILES string of the molecule is O=C(Cc1[nH]c(=S)n2c1C[C@@H](c1c(F)ccc(Br)c1F)C2)NCC1CC1. The van der Waals surface area contributed by atoms with Crippen LogP contribution in [0.2, 0.25) is 0 Å². The Balaban J connectivity index is 1.55. The summed E-state index contributed by atoms with van der Waals surface area (Å²) >= 11 is 8.46. The molecule has 0 unspecified atom stereocenters. The normalized spacial score (nSPS) is 18.8. The number of nitrogens with zero attached hydrogens (tertiary/aromatic N) is 1. The minimum Gasteiger partial charge on any atom is -0.355 e. The van der Waals surface area contributed by atoms with E-state index in [-0.39, 0.29) is 28.3 Å². The second-order valence-corrected chi connectivity index (χ2v) is 8.29. The van der Waals surface area contributed by atoms with Crippen LogP contribution >= 0.6 is 28.1 Å². The molecule has 0 bridgehead atoms. The van der Waals surface area contributed by atoms with Crippen molar-refractivity contribution in [1.82, 2.24) is 14.9 Å². The maximum Gasteiger partial charge on any atom is 0.226 e. The molecule has 0 spiro atoms. The van der Waals surface area contributed by atoms with E-state index in [2.05, 4.69) is 26.2 Å². The topological polar surface area (TPSA) is 49.8 Å². The molecule has 8 heteroatoms. The number of nitrogens with one attached hydrogen (secondary N) is 2. The highest BCUT2D eigenvalue weighted by Crippen LogP contribution is 2.36. The molecule has 2 aliphatic rings. The first-order valence-corrected chi connectivity index (χ1v) is 9.84. The van der Waals surface area contributed by atoms with Gasteiger partial charge in [0.05, 0.1) is 10.9 Å². The van der Waals surface area contributed by atoms with Crippen LogP contribution in [0.25, 0.3) is 0 Å². The molecule has 1 amide bonds. The molecule has 2 N–H and O–H groups in total. The maximum atomic E-state index is 14.4. The highest BCUT2D eigenvalue weighted by molar-refractivity contribution is 9.10. The van der Waals surface area contributed by atoms with Crippen molar-refractivity contribution in [2.75, 3.05) is 6.54 Å². The molecule has 4 rings (SSSR count). The lowest BCUT2D eigenvalue weighted by Gasteiger charge is -2.13. The van der Waals surface area contributed by atoms with Crippen molar-refractivity contribution in [3.05, 3.63) is 50.0 Å². The minimum absolute atomic E-state index is 0.0557. The molecule has 4 nitrogen and oxygen atoms in total. The smallest absolute Gasteiger partial charge is 0.226 e. The van der Waals surface area contributed by atoms with E-state index >= 15 is 0 Å². The van der Waals surface area contributed by atoms with Gasteiger partial charge in [-0.25, -0.2) is 8.78 Å². The monoisotopic (exact) mass is 441 g/mol. The fourth-order valence-corrected chi connectivity index (χ4v) is 4.21. The quantitative estimate of drug-likeness (QED) is 0.544. The first-order valence-electron chi connectivity index (χ1n) is 8.64. The molecular weight excluding hydrogens is 424 g/mol. The van der Waals surface area contributed by atoms with Crippen LogP contribution in [0.4, 0.5) is 8.78 Å². The number of amides is 1. The number of aromatic amines is 1. The first kappa shape index (κ1) is 17.9. The van der Waals surface area contributed by atoms with Gasteiger partial charge in [0.1, 0.15) is 11.6 Å². The summed E-state index contributed by atoms with van der Waals surface area (Å²) in [5, 5.41) is 2.93. The van der Waals surface area contributed by atoms with Gasteiger partial charge in [0.15, 0.2) is 4.77 Å². The number of hydrogen-bond acceptors (Lipinski definition) is 2. The minimum atomic E-state index is -0.570. The van der Waals surface area contributed by atoms with Crippen molar-refractivity contribution in [2.45, 2.75) is 38.1 Å². The first-order chi connectivity index (χ1) is 12.4. The summed E-state index contributed by atoms with van der Waals surface area (Å²) in [7, 11) is 0. The molecule has 2 heterocycles. The number of benzene rings is 1. The molecule has 1 fully saturated rings. The van der Waals surface area contributed by atoms with Crippen LogP contribution in [0.1, 0.15) is 35.7 Å². The summed E-state index contributed by atoms with van der Waals surface area (Å²) in [6.07, 6.45) is 3.00. The summed E-state index contributed by atoms with van der Waals surface area (Å²) in [4.78, 5) is 15.2. The molecule has 0 radical (unpaired) electrons. The van der Waals surface area contributed by atoms with Crippen LogP contribution in [0.3, 0.4) is 0 Å². The van der Waals surface area contributed by atoms with Crippen LogP contribution in [0.15, 0.2) is 16.6 Å². The Hall–Kier alpha value is -1.54. The van der Waals surface area contributed by atoms with Crippen molar-refractivity contribution < 1.29 is 13.6 Å². The largest absolute Gasteiger partial charge is 0.355 e. The van der Waals surface area contributed by atoms with Gasteiger partial charge in [-0.3, -0.25) is 4.79 Å². The average Bonchev–Trinajstić information content (AvgIpc) is 3.26. The van der Waals surface area contributed by atoms with Crippen LogP contribution in [-0.2, 0) is 24.2 Å². The third kappa shape index (κ3) is 3.36. The molecule has 1 aromatic heterocycles. The molecule has 1 saturated carbocycles. The van der Waals surface area contributed by atoms with E-state index in [4.69, 9.17) is 12.2 Å². The molecule has 1 atom stereocenters. The summed E-state index contributed by atoms with van der Waals surface area (Å²) in [6, 6.07) is 2.63. The van der Waals surface area contributed by atoms with Crippen molar-refractivity contribution >= 4 is 34.1 Å². The fourth-order valence-electron chi connectivity index (χ4n) is 3.56. The van der Waals surface area contributed by atoms with Crippen LogP contribution in [0.5, 0.6) is 0 Å². The third-order valence-electron chi connectivity index (χ3n) is 5.13. The average molecular weight is 442 g/mol. The number of rotatable bonds is 5. The summed E-state index contributed by atoms with van der Waals surface area (Å²) in [6.45, 7) is 1.12. The maximum absolute atomic E-state index is 14.4. The van der Waals surface area contributed by atoms with E-state index in [1.54, 1.807) is 0 Å². The van der Waals surface area contributed by atoms with Crippen LogP contribution in [-0.4, -0.2) is 22.0 Å². The van der Waals surface area contributed by atoms with Crippen molar-refractivity contribution in [1.29, 1.82) is 0 Å². The van der Waals surface area contributed by atoms with Crippen LogP contribution in [0, 0.1) is 22.3 Å². The van der Waals surface area contributed by atoms with E-state index in [1.165, 1.54) is 25.0 Å². The standard InChI is InChI=1S/C18H18BrF2N3OS/c19-11-3-4-12(20)16(17(11)21)10-5-14-13(23-18(26)24(14)8-10)6-15(25)22-7-9-1-2-9/h3-4,9-10H,1-2,5-8H2,(H,22,25)(H,23,26)/t10-/m1/s1. The molecule has 1 aromatic carbocycles. The zero-order valence-corrected chi connectivity index (χ0v) is 16.4. The van der Waals surface area contributed by atoms with Crippen LogP contribution < -0.4 is 5.32 Å². The number of halogens is 3. The summed E-state index contributed by atoms with van der Waals surface area (Å²) < 4.78 is 31.3. The van der Waals surface area contributed by atoms with Crippen molar-refractivity contribution in [3.63, 3.8) is 0 Å². The number of carbonyl (C=O) groups is 1. The Kier molecular flexibility index (Phi) is 4.73. The lowest BCUT2D eigenvalue weighted by Crippen LogP contribution is -2.27. The second kappa shape index (κ2) is 6.88. The van der Waals surface area contributed by atoms with Crippen molar-refractivity contribution in [3.8, 4) is 0 Å². The van der Waals surface area contributed by atoms with E-state index < -0.39 is 11.6 Å². The lowest BCUT2D eigenvalue weighted by atomic mass is 9.95. The Morgan fingerprint density at radius 3 is 2.88 bits per heavy atom. The number of imidazole rings is 1. The summed E-state index contributed by atoms with van der Waals surface area (Å²) in [5.41, 5.74) is 1.67. The number of aromatic nitrogens is 2. The van der Waals surface area contributed by atoms with E-state index in [0.717, 1.165) is 11.4 Å². The molecule has 26 heavy (non-hydrogen) atoms. The molecule has 2 aromatic rings. The van der Waals surface area contributed by atoms with Gasteiger partial charge in [0.2, 0.25) is 5.91 Å². The second-order valence-electron chi connectivity index (χ2n) is 7.05. The highest BCUT2D eigenvalue weighted by Gasteiger charge is 2.32. The van der Waals surface area contributed by atoms with Crippen molar-refractivity contribution in [2.24, 2.45) is 5.92 Å². The van der Waals surface area contributed by atoms with Gasteiger partial charge in [-0.1, -0.05) is 0 Å². The van der Waals surface area contributed by atoms with Gasteiger partial charge in [-0.15, -0.1) is 0 Å². The number of H-pyrrole nitrogens is 1. The molecular formula is C18H18BrF2N3OS.